The fourth-order valence-corrected chi connectivity index (χ4v) is 3.92. The largest absolute Gasteiger partial charge is 0.463 e. The summed E-state index contributed by atoms with van der Waals surface area (Å²) >= 11 is 7.50. The summed E-state index contributed by atoms with van der Waals surface area (Å²) in [5.41, 5.74) is 0.926. The molecular weight excluding hydrogens is 452 g/mol. The molecule has 1 saturated heterocycles. The first-order chi connectivity index (χ1) is 15.4. The van der Waals surface area contributed by atoms with Gasteiger partial charge in [0.15, 0.2) is 0 Å². The summed E-state index contributed by atoms with van der Waals surface area (Å²) in [5.74, 6) is -0.821. The lowest BCUT2D eigenvalue weighted by atomic mass is 10.2. The molecule has 1 aliphatic rings. The van der Waals surface area contributed by atoms with E-state index in [9.17, 15) is 14.4 Å². The van der Waals surface area contributed by atoms with Crippen LogP contribution in [0.25, 0.3) is 6.08 Å². The van der Waals surface area contributed by atoms with E-state index in [4.69, 9.17) is 16.0 Å². The van der Waals surface area contributed by atoms with Gasteiger partial charge in [-0.1, -0.05) is 35.5 Å². The average molecular weight is 469 g/mol. The monoisotopic (exact) mass is 468 g/mol. The number of furan rings is 1. The summed E-state index contributed by atoms with van der Waals surface area (Å²) in [7, 11) is 1.24. The van der Waals surface area contributed by atoms with Crippen molar-refractivity contribution in [3.63, 3.8) is 0 Å². The van der Waals surface area contributed by atoms with E-state index in [1.54, 1.807) is 17.8 Å². The maximum absolute atomic E-state index is 12.7. The molecule has 7 nitrogen and oxygen atoms in total. The molecule has 3 aromatic rings. The molecule has 9 heteroatoms. The van der Waals surface area contributed by atoms with Gasteiger partial charge in [0.25, 0.3) is 5.91 Å². The zero-order chi connectivity index (χ0) is 22.7. The predicted molar refractivity (Wildman–Crippen MR) is 119 cm³/mol. The molecule has 0 spiro atoms. The lowest BCUT2D eigenvalue weighted by Gasteiger charge is -2.09. The molecule has 1 aromatic heterocycles. The van der Waals surface area contributed by atoms with E-state index < -0.39 is 17.9 Å². The maximum atomic E-state index is 12.7. The molecule has 3 amide bonds. The van der Waals surface area contributed by atoms with Crippen molar-refractivity contribution in [1.82, 2.24) is 10.2 Å². The van der Waals surface area contributed by atoms with Crippen molar-refractivity contribution in [3.8, 4) is 0 Å². The second-order valence-electron chi connectivity index (χ2n) is 6.76. The highest BCUT2D eigenvalue weighted by Gasteiger charge is 2.34. The molecule has 0 saturated carbocycles. The van der Waals surface area contributed by atoms with Crippen LogP contribution in [0.5, 0.6) is 0 Å². The van der Waals surface area contributed by atoms with E-state index in [1.165, 1.54) is 19.2 Å². The van der Waals surface area contributed by atoms with Crippen molar-refractivity contribution in [3.05, 3.63) is 88.5 Å². The van der Waals surface area contributed by atoms with E-state index in [0.29, 0.717) is 10.8 Å². The van der Waals surface area contributed by atoms with Crippen molar-refractivity contribution in [1.29, 1.82) is 0 Å². The van der Waals surface area contributed by atoms with Crippen LogP contribution in [0.4, 0.5) is 4.79 Å². The highest BCUT2D eigenvalue weighted by molar-refractivity contribution is 7.99. The third kappa shape index (κ3) is 4.87. The molecule has 1 aliphatic heterocycles. The number of hydrogen-bond donors (Lipinski definition) is 1. The molecule has 2 aromatic carbocycles. The van der Waals surface area contributed by atoms with Crippen LogP contribution < -0.4 is 5.32 Å². The molecule has 0 atom stereocenters. The fourth-order valence-electron chi connectivity index (χ4n) is 2.98. The quantitative estimate of drug-likeness (QED) is 0.312. The predicted octanol–water partition coefficient (Wildman–Crippen LogP) is 4.96. The zero-order valence-corrected chi connectivity index (χ0v) is 18.4. The Morgan fingerprint density at radius 1 is 1.06 bits per heavy atom. The van der Waals surface area contributed by atoms with Gasteiger partial charge in [0, 0.05) is 14.8 Å². The Balaban J connectivity index is 1.43. The smallest absolute Gasteiger partial charge is 0.373 e. The topological polar surface area (TPSA) is 88.9 Å². The number of nitrogens with zero attached hydrogens (tertiary/aromatic N) is 1. The molecule has 4 rings (SSSR count). The first-order valence-corrected chi connectivity index (χ1v) is 10.7. The summed E-state index contributed by atoms with van der Waals surface area (Å²) in [5, 5.41) is 3.26. The van der Waals surface area contributed by atoms with Gasteiger partial charge in [-0.2, -0.15) is 0 Å². The highest BCUT2D eigenvalue weighted by Crippen LogP contribution is 2.29. The number of rotatable bonds is 6. The molecule has 162 valence electrons. The lowest BCUT2D eigenvalue weighted by Crippen LogP contribution is -2.30. The van der Waals surface area contributed by atoms with Gasteiger partial charge >= 0.3 is 12.0 Å². The number of halogens is 1. The van der Waals surface area contributed by atoms with Crippen LogP contribution in [0.1, 0.15) is 21.9 Å². The number of ether oxygens (including phenoxy) is 1. The van der Waals surface area contributed by atoms with Gasteiger partial charge in [-0.25, -0.2) is 9.59 Å². The Kier molecular flexibility index (Phi) is 6.34. The summed E-state index contributed by atoms with van der Waals surface area (Å²) < 4.78 is 9.92. The molecule has 2 heterocycles. The number of carbonyl (C=O) groups is 3. The number of benzene rings is 2. The van der Waals surface area contributed by atoms with E-state index in [1.807, 2.05) is 48.5 Å². The van der Waals surface area contributed by atoms with Crippen LogP contribution in [0.2, 0.25) is 5.02 Å². The van der Waals surface area contributed by atoms with Crippen molar-refractivity contribution in [2.45, 2.75) is 16.3 Å². The number of amides is 3. The van der Waals surface area contributed by atoms with Gasteiger partial charge in [0.05, 0.1) is 13.7 Å². The van der Waals surface area contributed by atoms with E-state index in [-0.39, 0.29) is 18.0 Å². The van der Waals surface area contributed by atoms with Gasteiger partial charge in [-0.05, 0) is 60.2 Å². The summed E-state index contributed by atoms with van der Waals surface area (Å²) in [6.07, 6.45) is 1.61. The van der Waals surface area contributed by atoms with Crippen molar-refractivity contribution < 1.29 is 23.5 Å². The van der Waals surface area contributed by atoms with Crippen molar-refractivity contribution in [2.75, 3.05) is 7.11 Å². The number of esters is 1. The van der Waals surface area contributed by atoms with Gasteiger partial charge < -0.3 is 14.5 Å². The zero-order valence-electron chi connectivity index (χ0n) is 16.8. The number of carbonyl (C=O) groups excluding carboxylic acids is 3. The molecule has 32 heavy (non-hydrogen) atoms. The third-order valence-electron chi connectivity index (χ3n) is 4.56. The highest BCUT2D eigenvalue weighted by atomic mass is 35.5. The minimum absolute atomic E-state index is 0.00174. The molecule has 1 fully saturated rings. The minimum atomic E-state index is -0.633. The number of urea groups is 1. The first kappa shape index (κ1) is 21.7. The van der Waals surface area contributed by atoms with E-state index in [0.717, 1.165) is 20.3 Å². The Bertz CT molecular complexity index is 1200. The third-order valence-corrected chi connectivity index (χ3v) is 5.83. The molecular formula is C23H17ClN2O5S. The Morgan fingerprint density at radius 3 is 2.38 bits per heavy atom. The molecule has 0 radical (unpaired) electrons. The molecule has 0 bridgehead atoms. The van der Waals surface area contributed by atoms with Gasteiger partial charge in [-0.3, -0.25) is 9.69 Å². The lowest BCUT2D eigenvalue weighted by molar-refractivity contribution is -0.123. The first-order valence-electron chi connectivity index (χ1n) is 9.48. The standard InChI is InChI=1S/C23H17ClN2O5S/c1-30-22(28)20-11-6-16(31-20)13-26-21(27)19(25-23(26)29)12-14-2-7-17(8-3-14)32-18-9-4-15(24)5-10-18/h2-12H,13H2,1H3,(H,25,29). The Hall–Kier alpha value is -3.49. The normalized spacial score (nSPS) is 14.7. The number of methoxy groups -OCH3 is 1. The average Bonchev–Trinajstić information content (AvgIpc) is 3.37. The Morgan fingerprint density at radius 2 is 1.72 bits per heavy atom. The van der Waals surface area contributed by atoms with Crippen LogP contribution in [-0.4, -0.2) is 29.9 Å². The maximum Gasteiger partial charge on any atom is 0.373 e. The van der Waals surface area contributed by atoms with Crippen LogP contribution in [-0.2, 0) is 16.1 Å². The Labute approximate surface area is 193 Å². The molecule has 0 unspecified atom stereocenters. The SMILES string of the molecule is COC(=O)c1ccc(CN2C(=O)NC(=Cc3ccc(Sc4ccc(Cl)cc4)cc3)C2=O)o1. The second kappa shape index (κ2) is 9.33. The fraction of sp³-hybridized carbons (Fsp3) is 0.0870. The van der Waals surface area contributed by atoms with Crippen molar-refractivity contribution in [2.24, 2.45) is 0 Å². The summed E-state index contributed by atoms with van der Waals surface area (Å²) in [6.45, 7) is -0.102. The van der Waals surface area contributed by atoms with Crippen LogP contribution in [0, 0.1) is 0 Å². The van der Waals surface area contributed by atoms with Gasteiger partial charge in [0.1, 0.15) is 11.5 Å². The van der Waals surface area contributed by atoms with Gasteiger partial charge in [0.2, 0.25) is 5.76 Å². The van der Waals surface area contributed by atoms with Crippen LogP contribution in [0.3, 0.4) is 0 Å². The number of imide groups is 1. The van der Waals surface area contributed by atoms with Crippen molar-refractivity contribution >= 4 is 47.3 Å². The molecule has 1 N–H and O–H groups in total. The van der Waals surface area contributed by atoms with Crippen LogP contribution >= 0.6 is 23.4 Å². The number of nitrogens with one attached hydrogen (secondary N) is 1. The summed E-state index contributed by atoms with van der Waals surface area (Å²) in [6, 6.07) is 17.5. The van der Waals surface area contributed by atoms with E-state index in [2.05, 4.69) is 10.1 Å². The molecule has 0 aliphatic carbocycles. The second-order valence-corrected chi connectivity index (χ2v) is 8.35. The number of hydrogen-bond acceptors (Lipinski definition) is 6. The van der Waals surface area contributed by atoms with E-state index >= 15 is 0 Å². The van der Waals surface area contributed by atoms with Gasteiger partial charge in [-0.15, -0.1) is 0 Å². The van der Waals surface area contributed by atoms with Crippen LogP contribution in [0.15, 0.2) is 80.6 Å². The minimum Gasteiger partial charge on any atom is -0.463 e. The summed E-state index contributed by atoms with van der Waals surface area (Å²) in [4.78, 5) is 39.5.